The molecular weight excluding hydrogens is 611 g/mol. The second kappa shape index (κ2) is 11.4. The Hall–Kier alpha value is -6.85. The Morgan fingerprint density at radius 1 is 0.360 bits per heavy atom. The van der Waals surface area contributed by atoms with Crippen molar-refractivity contribution in [1.29, 1.82) is 0 Å². The molecule has 0 unspecified atom stereocenters. The molecule has 5 aromatic heterocycles. The zero-order chi connectivity index (χ0) is 33.0. The highest BCUT2D eigenvalue weighted by molar-refractivity contribution is 6.17. The molecule has 5 heterocycles. The van der Waals surface area contributed by atoms with E-state index in [0.29, 0.717) is 0 Å². The van der Waals surface area contributed by atoms with Crippen LogP contribution in [0.25, 0.3) is 88.8 Å². The van der Waals surface area contributed by atoms with E-state index < -0.39 is 0 Å². The third-order valence-electron chi connectivity index (χ3n) is 9.65. The minimum absolute atomic E-state index is 0.921. The van der Waals surface area contributed by atoms with Crippen LogP contribution in [0.3, 0.4) is 0 Å². The van der Waals surface area contributed by atoms with Gasteiger partial charge in [0.1, 0.15) is 5.65 Å². The molecule has 10 aromatic rings. The monoisotopic (exact) mass is 639 g/mol. The fourth-order valence-corrected chi connectivity index (χ4v) is 7.49. The Balaban J connectivity index is 1.24. The summed E-state index contributed by atoms with van der Waals surface area (Å²) in [5, 5.41) is 4.74. The lowest BCUT2D eigenvalue weighted by molar-refractivity contribution is 1.14. The number of fused-ring (bicyclic) bond motifs is 6. The van der Waals surface area contributed by atoms with Gasteiger partial charge in [-0.3, -0.25) is 14.5 Å². The van der Waals surface area contributed by atoms with Crippen LogP contribution in [0.1, 0.15) is 0 Å². The summed E-state index contributed by atoms with van der Waals surface area (Å²) >= 11 is 0. The van der Waals surface area contributed by atoms with Gasteiger partial charge in [0.25, 0.3) is 0 Å². The van der Waals surface area contributed by atoms with Gasteiger partial charge in [-0.1, -0.05) is 72.8 Å². The Kier molecular flexibility index (Phi) is 6.42. The van der Waals surface area contributed by atoms with Crippen molar-refractivity contribution < 1.29 is 0 Å². The van der Waals surface area contributed by atoms with E-state index in [2.05, 4.69) is 137 Å². The first-order valence-electron chi connectivity index (χ1n) is 16.8. The van der Waals surface area contributed by atoms with E-state index in [1.54, 1.807) is 0 Å². The molecule has 0 bridgehead atoms. The lowest BCUT2D eigenvalue weighted by atomic mass is 9.98. The molecule has 0 radical (unpaired) electrons. The minimum Gasteiger partial charge on any atom is -0.309 e. The quantitative estimate of drug-likeness (QED) is 0.188. The Bertz CT molecular complexity index is 2800. The molecule has 234 valence electrons. The first-order valence-corrected chi connectivity index (χ1v) is 16.8. The molecule has 0 aliphatic rings. The van der Waals surface area contributed by atoms with Gasteiger partial charge >= 0.3 is 0 Å². The molecule has 0 amide bonds. The van der Waals surface area contributed by atoms with E-state index in [-0.39, 0.29) is 0 Å². The Morgan fingerprint density at radius 3 is 1.80 bits per heavy atom. The van der Waals surface area contributed by atoms with Crippen molar-refractivity contribution in [3.63, 3.8) is 0 Å². The number of aromatic nitrogens is 5. The van der Waals surface area contributed by atoms with Gasteiger partial charge in [0.15, 0.2) is 0 Å². The van der Waals surface area contributed by atoms with Crippen LogP contribution in [0, 0.1) is 0 Å². The number of hydrogen-bond acceptors (Lipinski definition) is 3. The maximum Gasteiger partial charge on any atom is 0.145 e. The van der Waals surface area contributed by atoms with E-state index in [1.807, 2.05) is 48.9 Å². The fraction of sp³-hybridized carbons (Fsp3) is 0. The largest absolute Gasteiger partial charge is 0.309 e. The summed E-state index contributed by atoms with van der Waals surface area (Å²) in [5.74, 6) is 0. The molecule has 5 nitrogen and oxygen atoms in total. The van der Waals surface area contributed by atoms with Crippen LogP contribution in [-0.2, 0) is 0 Å². The maximum atomic E-state index is 4.83. The third kappa shape index (κ3) is 4.45. The molecule has 0 spiro atoms. The van der Waals surface area contributed by atoms with Crippen molar-refractivity contribution in [3.05, 3.63) is 176 Å². The summed E-state index contributed by atoms with van der Waals surface area (Å²) in [6, 6.07) is 55.6. The molecule has 5 aromatic carbocycles. The number of benzene rings is 5. The second-order valence-corrected chi connectivity index (χ2v) is 12.5. The first kappa shape index (κ1) is 28.2. The molecule has 5 heteroatoms. The highest BCUT2D eigenvalue weighted by Crippen LogP contribution is 2.41. The SMILES string of the molecule is c1ccc(-n2c3cc(-c4cccc5c4c4ccccc4n5-c4cc(-c5ccccn5)cc(-c5ccccn5)c4)ccc3c3cccnc32)cc1. The van der Waals surface area contributed by atoms with Crippen molar-refractivity contribution in [2.24, 2.45) is 0 Å². The predicted octanol–water partition coefficient (Wildman–Crippen LogP) is 11.1. The van der Waals surface area contributed by atoms with E-state index in [4.69, 9.17) is 15.0 Å². The number of pyridine rings is 3. The molecule has 0 aliphatic carbocycles. The summed E-state index contributed by atoms with van der Waals surface area (Å²) in [7, 11) is 0. The van der Waals surface area contributed by atoms with E-state index in [1.165, 1.54) is 21.7 Å². The molecule has 0 fully saturated rings. The van der Waals surface area contributed by atoms with Gasteiger partial charge in [0.05, 0.1) is 27.9 Å². The average Bonchev–Trinajstić information content (AvgIpc) is 3.71. The molecule has 10 rings (SSSR count). The zero-order valence-electron chi connectivity index (χ0n) is 27.0. The van der Waals surface area contributed by atoms with Gasteiger partial charge in [-0.2, -0.15) is 0 Å². The molecular formula is C45H29N5. The standard InChI is InChI=1S/C45H29N5/c1-2-12-33(13-3-1)50-43-29-30(21-22-36(43)37-16-11-25-48-45(37)50)35-15-10-20-42-44(35)38-14-4-5-19-41(38)49(42)34-27-31(39-17-6-8-23-46-39)26-32(28-34)40-18-7-9-24-47-40/h1-29H. The van der Waals surface area contributed by atoms with Gasteiger partial charge < -0.3 is 4.57 Å². The fourth-order valence-electron chi connectivity index (χ4n) is 7.49. The normalized spacial score (nSPS) is 11.6. The third-order valence-corrected chi connectivity index (χ3v) is 9.65. The highest BCUT2D eigenvalue weighted by Gasteiger charge is 2.19. The van der Waals surface area contributed by atoms with E-state index >= 15 is 0 Å². The van der Waals surface area contributed by atoms with Crippen molar-refractivity contribution in [2.45, 2.75) is 0 Å². The first-order chi connectivity index (χ1) is 24.8. The van der Waals surface area contributed by atoms with Gasteiger partial charge in [-0.25, -0.2) is 4.98 Å². The lowest BCUT2D eigenvalue weighted by Gasteiger charge is -2.13. The van der Waals surface area contributed by atoms with Crippen LogP contribution >= 0.6 is 0 Å². The van der Waals surface area contributed by atoms with Crippen molar-refractivity contribution in [1.82, 2.24) is 24.1 Å². The van der Waals surface area contributed by atoms with Crippen molar-refractivity contribution >= 4 is 43.7 Å². The van der Waals surface area contributed by atoms with Gasteiger partial charge in [0.2, 0.25) is 0 Å². The molecule has 0 aliphatic heterocycles. The van der Waals surface area contributed by atoms with E-state index in [9.17, 15) is 0 Å². The Morgan fingerprint density at radius 2 is 1.04 bits per heavy atom. The number of hydrogen-bond donors (Lipinski definition) is 0. The minimum atomic E-state index is 0.921. The molecule has 0 saturated carbocycles. The molecule has 0 atom stereocenters. The van der Waals surface area contributed by atoms with Crippen LogP contribution in [0.2, 0.25) is 0 Å². The van der Waals surface area contributed by atoms with Crippen LogP contribution in [0.5, 0.6) is 0 Å². The lowest BCUT2D eigenvalue weighted by Crippen LogP contribution is -1.97. The molecule has 50 heavy (non-hydrogen) atoms. The van der Waals surface area contributed by atoms with Gasteiger partial charge in [-0.05, 0) is 96.1 Å². The van der Waals surface area contributed by atoms with Gasteiger partial charge in [0, 0.05) is 62.6 Å². The van der Waals surface area contributed by atoms with Crippen LogP contribution < -0.4 is 0 Å². The topological polar surface area (TPSA) is 48.5 Å². The Labute approximate surface area is 288 Å². The van der Waals surface area contributed by atoms with Crippen LogP contribution in [0.4, 0.5) is 0 Å². The number of rotatable bonds is 5. The maximum absolute atomic E-state index is 4.83. The summed E-state index contributed by atoms with van der Waals surface area (Å²) in [6.07, 6.45) is 5.57. The number of para-hydroxylation sites is 2. The second-order valence-electron chi connectivity index (χ2n) is 12.5. The summed E-state index contributed by atoms with van der Waals surface area (Å²) in [6.45, 7) is 0. The van der Waals surface area contributed by atoms with Gasteiger partial charge in [-0.15, -0.1) is 0 Å². The van der Waals surface area contributed by atoms with Crippen molar-refractivity contribution in [3.8, 4) is 45.0 Å². The summed E-state index contributed by atoms with van der Waals surface area (Å²) in [5.41, 5.74) is 12.8. The summed E-state index contributed by atoms with van der Waals surface area (Å²) < 4.78 is 4.66. The van der Waals surface area contributed by atoms with Crippen molar-refractivity contribution in [2.75, 3.05) is 0 Å². The average molecular weight is 640 g/mol. The van der Waals surface area contributed by atoms with Crippen LogP contribution in [0.15, 0.2) is 176 Å². The molecule has 0 N–H and O–H groups in total. The van der Waals surface area contributed by atoms with Crippen LogP contribution in [-0.4, -0.2) is 24.1 Å². The smallest absolute Gasteiger partial charge is 0.145 e. The zero-order valence-corrected chi connectivity index (χ0v) is 27.0. The molecule has 0 saturated heterocycles. The van der Waals surface area contributed by atoms with E-state index in [0.717, 1.165) is 67.0 Å². The highest BCUT2D eigenvalue weighted by atomic mass is 15.0. The predicted molar refractivity (Wildman–Crippen MR) is 205 cm³/mol. The number of nitrogens with zero attached hydrogens (tertiary/aromatic N) is 5. The summed E-state index contributed by atoms with van der Waals surface area (Å²) in [4.78, 5) is 14.3.